The van der Waals surface area contributed by atoms with E-state index in [0.29, 0.717) is 11.3 Å². The van der Waals surface area contributed by atoms with Crippen molar-refractivity contribution < 1.29 is 23.8 Å². The van der Waals surface area contributed by atoms with Crippen LogP contribution in [-0.4, -0.2) is 32.1 Å². The average Bonchev–Trinajstić information content (AvgIpc) is 2.72. The van der Waals surface area contributed by atoms with Crippen molar-refractivity contribution in [1.29, 1.82) is 0 Å². The van der Waals surface area contributed by atoms with Gasteiger partial charge in [0.05, 0.1) is 20.1 Å². The average molecular weight is 364 g/mol. The van der Waals surface area contributed by atoms with Gasteiger partial charge in [-0.25, -0.2) is 0 Å². The van der Waals surface area contributed by atoms with Gasteiger partial charge in [0.25, 0.3) is 0 Å². The van der Waals surface area contributed by atoms with Crippen LogP contribution in [0.3, 0.4) is 0 Å². The van der Waals surface area contributed by atoms with Crippen LogP contribution in [0.4, 0.5) is 0 Å². The maximum Gasteiger partial charge on any atom is 0.309 e. The highest BCUT2D eigenvalue weighted by atomic mass is 16.5. The Balaban J connectivity index is 1.44. The summed E-state index contributed by atoms with van der Waals surface area (Å²) < 4.78 is 15.6. The molecule has 5 nitrogen and oxygen atoms in total. The van der Waals surface area contributed by atoms with Gasteiger partial charge in [-0.2, -0.15) is 0 Å². The number of rotatable bonds is 8. The third kappa shape index (κ3) is 5.07. The Morgan fingerprint density at radius 1 is 0.852 bits per heavy atom. The zero-order chi connectivity index (χ0) is 19.1. The van der Waals surface area contributed by atoms with Gasteiger partial charge in [0, 0.05) is 5.56 Å². The molecule has 0 amide bonds. The van der Waals surface area contributed by atoms with Crippen LogP contribution in [0, 0.1) is 0 Å². The molecule has 3 aromatic rings. The zero-order valence-corrected chi connectivity index (χ0v) is 15.0. The van der Waals surface area contributed by atoms with E-state index in [0.717, 1.165) is 16.5 Å². The van der Waals surface area contributed by atoms with Crippen molar-refractivity contribution in [2.24, 2.45) is 0 Å². The number of ketones is 1. The number of ether oxygens (including phenoxy) is 3. The van der Waals surface area contributed by atoms with Gasteiger partial charge < -0.3 is 14.2 Å². The van der Waals surface area contributed by atoms with Crippen molar-refractivity contribution >= 4 is 22.5 Å². The zero-order valence-electron chi connectivity index (χ0n) is 15.0. The topological polar surface area (TPSA) is 61.8 Å². The standard InChI is InChI=1S/C22H20O5/c1-25-19-8-10-20(11-9-19)26-13-12-22(24)27-15-21(23)18-7-6-16-4-2-3-5-17(16)14-18/h2-11,14H,12-13,15H2,1H3. The first-order valence-corrected chi connectivity index (χ1v) is 8.60. The Kier molecular flexibility index (Phi) is 6.05. The molecular weight excluding hydrogens is 344 g/mol. The van der Waals surface area contributed by atoms with Crippen molar-refractivity contribution in [2.45, 2.75) is 6.42 Å². The highest BCUT2D eigenvalue weighted by Gasteiger charge is 2.11. The van der Waals surface area contributed by atoms with Crippen molar-refractivity contribution in [2.75, 3.05) is 20.3 Å². The Labute approximate surface area is 157 Å². The Bertz CT molecular complexity index is 931. The number of hydrogen-bond donors (Lipinski definition) is 0. The molecule has 0 aliphatic heterocycles. The monoisotopic (exact) mass is 364 g/mol. The smallest absolute Gasteiger partial charge is 0.309 e. The van der Waals surface area contributed by atoms with Crippen molar-refractivity contribution in [1.82, 2.24) is 0 Å². The first-order chi connectivity index (χ1) is 13.2. The lowest BCUT2D eigenvalue weighted by atomic mass is 10.0. The molecule has 0 saturated heterocycles. The number of fused-ring (bicyclic) bond motifs is 1. The van der Waals surface area contributed by atoms with E-state index in [1.54, 1.807) is 43.5 Å². The Morgan fingerprint density at radius 3 is 2.30 bits per heavy atom. The summed E-state index contributed by atoms with van der Waals surface area (Å²) in [5, 5.41) is 2.03. The van der Waals surface area contributed by atoms with Crippen molar-refractivity contribution in [3.05, 3.63) is 72.3 Å². The minimum atomic E-state index is -0.474. The van der Waals surface area contributed by atoms with Crippen LogP contribution in [0.2, 0.25) is 0 Å². The largest absolute Gasteiger partial charge is 0.497 e. The fraction of sp³-hybridized carbons (Fsp3) is 0.182. The van der Waals surface area contributed by atoms with Gasteiger partial charge in [0.15, 0.2) is 12.4 Å². The molecule has 0 atom stereocenters. The molecule has 0 unspecified atom stereocenters. The van der Waals surface area contributed by atoms with E-state index in [1.165, 1.54) is 0 Å². The molecule has 0 fully saturated rings. The molecule has 27 heavy (non-hydrogen) atoms. The summed E-state index contributed by atoms with van der Waals surface area (Å²) in [6.07, 6.45) is 0.0665. The normalized spacial score (nSPS) is 10.4. The number of carbonyl (C=O) groups is 2. The molecule has 0 aromatic heterocycles. The van der Waals surface area contributed by atoms with Crippen molar-refractivity contribution in [3.8, 4) is 11.5 Å². The summed E-state index contributed by atoms with van der Waals surface area (Å²) in [4.78, 5) is 24.0. The number of Topliss-reactive ketones (excluding diaryl/α,β-unsaturated/α-hetero) is 1. The summed E-state index contributed by atoms with van der Waals surface area (Å²) in [7, 11) is 1.59. The quantitative estimate of drug-likeness (QED) is 0.446. The fourth-order valence-electron chi connectivity index (χ4n) is 2.59. The third-order valence-electron chi connectivity index (χ3n) is 4.07. The lowest BCUT2D eigenvalue weighted by Crippen LogP contribution is -2.16. The predicted octanol–water partition coefficient (Wildman–Crippen LogP) is 4.04. The van der Waals surface area contributed by atoms with Gasteiger partial charge >= 0.3 is 5.97 Å². The van der Waals surface area contributed by atoms with Crippen LogP contribution >= 0.6 is 0 Å². The summed E-state index contributed by atoms with van der Waals surface area (Å²) in [6, 6.07) is 20.3. The van der Waals surface area contributed by atoms with E-state index in [-0.39, 0.29) is 25.4 Å². The van der Waals surface area contributed by atoms with E-state index < -0.39 is 5.97 Å². The summed E-state index contributed by atoms with van der Waals surface area (Å²) in [6.45, 7) is -0.102. The van der Waals surface area contributed by atoms with Gasteiger partial charge in [-0.1, -0.05) is 36.4 Å². The molecule has 0 spiro atoms. The van der Waals surface area contributed by atoms with Gasteiger partial charge in [-0.3, -0.25) is 9.59 Å². The van der Waals surface area contributed by atoms with Gasteiger partial charge in [-0.15, -0.1) is 0 Å². The minimum absolute atomic E-state index is 0.0665. The van der Waals surface area contributed by atoms with Gasteiger partial charge in [0.1, 0.15) is 11.5 Å². The Hall–Kier alpha value is -3.34. The van der Waals surface area contributed by atoms with Crippen molar-refractivity contribution in [3.63, 3.8) is 0 Å². The molecule has 0 radical (unpaired) electrons. The van der Waals surface area contributed by atoms with Gasteiger partial charge in [0.2, 0.25) is 0 Å². The second-order valence-electron chi connectivity index (χ2n) is 5.92. The van der Waals surface area contributed by atoms with E-state index in [2.05, 4.69) is 0 Å². The SMILES string of the molecule is COc1ccc(OCCC(=O)OCC(=O)c2ccc3ccccc3c2)cc1. The molecule has 0 bridgehead atoms. The van der Waals surface area contributed by atoms with Crippen LogP contribution in [0.25, 0.3) is 10.8 Å². The number of methoxy groups -OCH3 is 1. The van der Waals surface area contributed by atoms with Crippen LogP contribution in [0.15, 0.2) is 66.7 Å². The molecular formula is C22H20O5. The predicted molar refractivity (Wildman–Crippen MR) is 102 cm³/mol. The van der Waals surface area contributed by atoms with Crippen LogP contribution in [-0.2, 0) is 9.53 Å². The first-order valence-electron chi connectivity index (χ1n) is 8.60. The van der Waals surface area contributed by atoms with E-state index >= 15 is 0 Å². The lowest BCUT2D eigenvalue weighted by Gasteiger charge is -2.08. The van der Waals surface area contributed by atoms with Crippen LogP contribution in [0.1, 0.15) is 16.8 Å². The first kappa shape index (κ1) is 18.5. The summed E-state index contributed by atoms with van der Waals surface area (Å²) in [5.41, 5.74) is 0.524. The highest BCUT2D eigenvalue weighted by Crippen LogP contribution is 2.17. The molecule has 0 N–H and O–H groups in total. The highest BCUT2D eigenvalue weighted by molar-refractivity contribution is 6.01. The molecule has 0 saturated carbocycles. The number of esters is 1. The molecule has 3 rings (SSSR count). The van der Waals surface area contributed by atoms with Crippen LogP contribution < -0.4 is 9.47 Å². The van der Waals surface area contributed by atoms with Crippen LogP contribution in [0.5, 0.6) is 11.5 Å². The second kappa shape index (κ2) is 8.85. The van der Waals surface area contributed by atoms with Gasteiger partial charge in [-0.05, 0) is 41.1 Å². The van der Waals surface area contributed by atoms with E-state index in [9.17, 15) is 9.59 Å². The van der Waals surface area contributed by atoms with E-state index in [1.807, 2.05) is 30.3 Å². The third-order valence-corrected chi connectivity index (χ3v) is 4.07. The molecule has 0 heterocycles. The molecule has 0 aliphatic carbocycles. The Morgan fingerprint density at radius 2 is 1.56 bits per heavy atom. The number of carbonyl (C=O) groups excluding carboxylic acids is 2. The molecule has 0 aliphatic rings. The fourth-order valence-corrected chi connectivity index (χ4v) is 2.59. The second-order valence-corrected chi connectivity index (χ2v) is 5.92. The minimum Gasteiger partial charge on any atom is -0.497 e. The molecule has 3 aromatic carbocycles. The van der Waals surface area contributed by atoms with E-state index in [4.69, 9.17) is 14.2 Å². The maximum absolute atomic E-state index is 12.2. The maximum atomic E-state index is 12.2. The molecule has 138 valence electrons. The summed E-state index contributed by atoms with van der Waals surface area (Å²) >= 11 is 0. The number of hydrogen-bond acceptors (Lipinski definition) is 5. The lowest BCUT2D eigenvalue weighted by molar-refractivity contribution is -0.143. The number of benzene rings is 3. The molecule has 5 heteroatoms. The summed E-state index contributed by atoms with van der Waals surface area (Å²) in [5.74, 6) is 0.660.